The van der Waals surface area contributed by atoms with Crippen LogP contribution in [0.15, 0.2) is 42.5 Å². The Kier molecular flexibility index (Phi) is 6.57. The standard InChI is InChI=1S/C18H21FN2O3/c1-23-16-8-7-13(11-17(16)24-2)9-10-20-12-18(22)21-15-6-4-3-5-14(15)19/h3-8,11,20H,9-10,12H2,1-2H3,(H,21,22). The van der Waals surface area contributed by atoms with Gasteiger partial charge in [0.15, 0.2) is 11.5 Å². The molecule has 0 unspecified atom stereocenters. The van der Waals surface area contributed by atoms with Gasteiger partial charge in [0, 0.05) is 0 Å². The summed E-state index contributed by atoms with van der Waals surface area (Å²) in [4.78, 5) is 11.8. The van der Waals surface area contributed by atoms with E-state index in [1.807, 2.05) is 18.2 Å². The molecule has 0 aliphatic carbocycles. The molecule has 0 spiro atoms. The minimum atomic E-state index is -0.448. The molecule has 2 rings (SSSR count). The molecular weight excluding hydrogens is 311 g/mol. The maximum absolute atomic E-state index is 13.4. The molecule has 0 radical (unpaired) electrons. The molecule has 0 fully saturated rings. The fourth-order valence-corrected chi connectivity index (χ4v) is 2.23. The number of hydrogen-bond donors (Lipinski definition) is 2. The summed E-state index contributed by atoms with van der Waals surface area (Å²) in [7, 11) is 3.18. The van der Waals surface area contributed by atoms with E-state index in [0.717, 1.165) is 12.0 Å². The van der Waals surface area contributed by atoms with Gasteiger partial charge in [0.05, 0.1) is 26.5 Å². The Hall–Kier alpha value is -2.60. The fourth-order valence-electron chi connectivity index (χ4n) is 2.23. The molecule has 0 aliphatic rings. The first-order valence-corrected chi connectivity index (χ1v) is 7.60. The highest BCUT2D eigenvalue weighted by atomic mass is 19.1. The van der Waals surface area contributed by atoms with E-state index in [0.29, 0.717) is 18.0 Å². The second kappa shape index (κ2) is 8.88. The number of hydrogen-bond acceptors (Lipinski definition) is 4. The van der Waals surface area contributed by atoms with Gasteiger partial charge in [0.2, 0.25) is 5.91 Å². The van der Waals surface area contributed by atoms with Crippen molar-refractivity contribution in [2.75, 3.05) is 32.6 Å². The SMILES string of the molecule is COc1ccc(CCNCC(=O)Nc2ccccc2F)cc1OC. The lowest BCUT2D eigenvalue weighted by Gasteiger charge is -2.10. The third-order valence-electron chi connectivity index (χ3n) is 3.47. The molecule has 24 heavy (non-hydrogen) atoms. The van der Waals surface area contributed by atoms with Gasteiger partial charge in [-0.15, -0.1) is 0 Å². The highest BCUT2D eigenvalue weighted by molar-refractivity contribution is 5.92. The zero-order chi connectivity index (χ0) is 17.4. The van der Waals surface area contributed by atoms with Crippen LogP contribution in [0.1, 0.15) is 5.56 Å². The zero-order valence-corrected chi connectivity index (χ0v) is 13.8. The molecule has 0 saturated carbocycles. The lowest BCUT2D eigenvalue weighted by atomic mass is 10.1. The summed E-state index contributed by atoms with van der Waals surface area (Å²) in [6.45, 7) is 0.724. The van der Waals surface area contributed by atoms with Gasteiger partial charge in [0.1, 0.15) is 5.82 Å². The van der Waals surface area contributed by atoms with E-state index >= 15 is 0 Å². The first-order valence-electron chi connectivity index (χ1n) is 7.60. The molecule has 2 N–H and O–H groups in total. The summed E-state index contributed by atoms with van der Waals surface area (Å²) in [6, 6.07) is 11.8. The van der Waals surface area contributed by atoms with Crippen LogP contribution < -0.4 is 20.1 Å². The second-order valence-electron chi connectivity index (χ2n) is 5.14. The lowest BCUT2D eigenvalue weighted by Crippen LogP contribution is -2.29. The maximum atomic E-state index is 13.4. The predicted octanol–water partition coefficient (Wildman–Crippen LogP) is 2.61. The number of ether oxygens (including phenoxy) is 2. The molecular formula is C18H21FN2O3. The predicted molar refractivity (Wildman–Crippen MR) is 91.1 cm³/mol. The van der Waals surface area contributed by atoms with Gasteiger partial charge >= 0.3 is 0 Å². The summed E-state index contributed by atoms with van der Waals surface area (Å²) in [5.41, 5.74) is 1.25. The van der Waals surface area contributed by atoms with Crippen molar-refractivity contribution >= 4 is 11.6 Å². The van der Waals surface area contributed by atoms with Crippen LogP contribution in [0.3, 0.4) is 0 Å². The minimum Gasteiger partial charge on any atom is -0.493 e. The topological polar surface area (TPSA) is 59.6 Å². The summed E-state index contributed by atoms with van der Waals surface area (Å²) >= 11 is 0. The summed E-state index contributed by atoms with van der Waals surface area (Å²) in [6.07, 6.45) is 0.729. The number of carbonyl (C=O) groups excluding carboxylic acids is 1. The van der Waals surface area contributed by atoms with Crippen LogP contribution in [0.4, 0.5) is 10.1 Å². The molecule has 2 aromatic carbocycles. The third kappa shape index (κ3) is 4.96. The van der Waals surface area contributed by atoms with Crippen molar-refractivity contribution in [2.45, 2.75) is 6.42 Å². The molecule has 0 heterocycles. The highest BCUT2D eigenvalue weighted by Crippen LogP contribution is 2.27. The summed E-state index contributed by atoms with van der Waals surface area (Å²) in [5, 5.41) is 5.56. The van der Waals surface area contributed by atoms with Crippen molar-refractivity contribution in [3.63, 3.8) is 0 Å². The van der Waals surface area contributed by atoms with Crippen molar-refractivity contribution in [3.05, 3.63) is 53.8 Å². The van der Waals surface area contributed by atoms with Gasteiger partial charge in [-0.1, -0.05) is 18.2 Å². The van der Waals surface area contributed by atoms with Crippen LogP contribution in [0.2, 0.25) is 0 Å². The average molecular weight is 332 g/mol. The van der Waals surface area contributed by atoms with E-state index in [2.05, 4.69) is 10.6 Å². The van der Waals surface area contributed by atoms with Crippen molar-refractivity contribution in [1.82, 2.24) is 5.32 Å². The molecule has 0 atom stereocenters. The molecule has 2 aromatic rings. The minimum absolute atomic E-state index is 0.113. The first-order chi connectivity index (χ1) is 11.6. The number of amides is 1. The normalized spacial score (nSPS) is 10.3. The quantitative estimate of drug-likeness (QED) is 0.730. The number of rotatable bonds is 8. The number of nitrogens with one attached hydrogen (secondary N) is 2. The van der Waals surface area contributed by atoms with E-state index in [1.165, 1.54) is 12.1 Å². The Morgan fingerprint density at radius 3 is 2.54 bits per heavy atom. The van der Waals surface area contributed by atoms with E-state index in [1.54, 1.807) is 26.4 Å². The number of methoxy groups -OCH3 is 2. The molecule has 0 aliphatic heterocycles. The van der Waals surface area contributed by atoms with Crippen LogP contribution in [-0.4, -0.2) is 33.2 Å². The number of para-hydroxylation sites is 1. The molecule has 6 heteroatoms. The van der Waals surface area contributed by atoms with Gasteiger partial charge in [-0.3, -0.25) is 4.79 Å². The largest absolute Gasteiger partial charge is 0.493 e. The molecule has 128 valence electrons. The van der Waals surface area contributed by atoms with Crippen LogP contribution in [0.25, 0.3) is 0 Å². The molecule has 1 amide bonds. The fraction of sp³-hybridized carbons (Fsp3) is 0.278. The monoisotopic (exact) mass is 332 g/mol. The summed E-state index contributed by atoms with van der Waals surface area (Å²) in [5.74, 6) is 0.620. The van der Waals surface area contributed by atoms with Gasteiger partial charge in [-0.05, 0) is 42.8 Å². The Bertz CT molecular complexity index is 692. The van der Waals surface area contributed by atoms with Crippen LogP contribution in [-0.2, 0) is 11.2 Å². The van der Waals surface area contributed by atoms with E-state index in [4.69, 9.17) is 9.47 Å². The van der Waals surface area contributed by atoms with E-state index < -0.39 is 5.82 Å². The summed E-state index contributed by atoms with van der Waals surface area (Å²) < 4.78 is 23.9. The van der Waals surface area contributed by atoms with E-state index in [-0.39, 0.29) is 18.1 Å². The Morgan fingerprint density at radius 1 is 1.08 bits per heavy atom. The Labute approximate surface area is 140 Å². The van der Waals surface area contributed by atoms with Crippen LogP contribution in [0.5, 0.6) is 11.5 Å². The maximum Gasteiger partial charge on any atom is 0.238 e. The Morgan fingerprint density at radius 2 is 1.83 bits per heavy atom. The average Bonchev–Trinajstić information content (AvgIpc) is 2.60. The molecule has 5 nitrogen and oxygen atoms in total. The number of anilines is 1. The molecule has 0 bridgehead atoms. The second-order valence-corrected chi connectivity index (χ2v) is 5.14. The van der Waals surface area contributed by atoms with Crippen molar-refractivity contribution < 1.29 is 18.7 Å². The van der Waals surface area contributed by atoms with Crippen LogP contribution in [0, 0.1) is 5.82 Å². The Balaban J connectivity index is 1.76. The smallest absolute Gasteiger partial charge is 0.238 e. The van der Waals surface area contributed by atoms with Gasteiger partial charge < -0.3 is 20.1 Å². The first kappa shape index (κ1) is 17.7. The highest BCUT2D eigenvalue weighted by Gasteiger charge is 2.07. The van der Waals surface area contributed by atoms with Gasteiger partial charge in [-0.25, -0.2) is 4.39 Å². The lowest BCUT2D eigenvalue weighted by molar-refractivity contribution is -0.115. The molecule has 0 aromatic heterocycles. The van der Waals surface area contributed by atoms with Crippen LogP contribution >= 0.6 is 0 Å². The number of benzene rings is 2. The van der Waals surface area contributed by atoms with E-state index in [9.17, 15) is 9.18 Å². The van der Waals surface area contributed by atoms with Crippen molar-refractivity contribution in [2.24, 2.45) is 0 Å². The number of halogens is 1. The van der Waals surface area contributed by atoms with Gasteiger partial charge in [-0.2, -0.15) is 0 Å². The molecule has 0 saturated heterocycles. The van der Waals surface area contributed by atoms with Crippen molar-refractivity contribution in [3.8, 4) is 11.5 Å². The number of carbonyl (C=O) groups is 1. The van der Waals surface area contributed by atoms with Gasteiger partial charge in [0.25, 0.3) is 0 Å². The zero-order valence-electron chi connectivity index (χ0n) is 13.8. The van der Waals surface area contributed by atoms with Crippen molar-refractivity contribution in [1.29, 1.82) is 0 Å². The third-order valence-corrected chi connectivity index (χ3v) is 3.47.